The molecule has 1 amide bonds. The van der Waals surface area contributed by atoms with Crippen molar-refractivity contribution < 1.29 is 19.0 Å². The number of nitrogens with zero attached hydrogens (tertiary/aromatic N) is 1. The second-order valence-corrected chi connectivity index (χ2v) is 8.42. The van der Waals surface area contributed by atoms with Crippen LogP contribution in [0.1, 0.15) is 25.3 Å². The lowest BCUT2D eigenvalue weighted by Crippen LogP contribution is -2.35. The zero-order valence-corrected chi connectivity index (χ0v) is 17.8. The predicted molar refractivity (Wildman–Crippen MR) is 111 cm³/mol. The summed E-state index contributed by atoms with van der Waals surface area (Å²) in [6, 6.07) is 3.70. The van der Waals surface area contributed by atoms with Gasteiger partial charge in [0.2, 0.25) is 0 Å². The number of hydrogen-bond donors (Lipinski definition) is 0. The fourth-order valence-corrected chi connectivity index (χ4v) is 4.58. The molecule has 2 heterocycles. The summed E-state index contributed by atoms with van der Waals surface area (Å²) in [5.41, 5.74) is 0.840. The number of ether oxygens (including phenoxy) is 3. The molecule has 1 aromatic carbocycles. The van der Waals surface area contributed by atoms with Gasteiger partial charge in [-0.2, -0.15) is 0 Å². The third-order valence-corrected chi connectivity index (χ3v) is 6.22. The Morgan fingerprint density at radius 2 is 2.27 bits per heavy atom. The minimum atomic E-state index is -0.0730. The highest BCUT2D eigenvalue weighted by Crippen LogP contribution is 2.38. The Hall–Kier alpha value is -1.09. The number of methoxy groups -OCH3 is 1. The minimum absolute atomic E-state index is 0.0730. The molecule has 8 heteroatoms. The van der Waals surface area contributed by atoms with Gasteiger partial charge in [0.15, 0.2) is 11.5 Å². The number of thioether (sulfide) groups is 1. The maximum atomic E-state index is 12.8. The van der Waals surface area contributed by atoms with Crippen LogP contribution in [0.4, 0.5) is 0 Å². The normalized spacial score (nSPS) is 21.7. The highest BCUT2D eigenvalue weighted by Gasteiger charge is 2.34. The van der Waals surface area contributed by atoms with Crippen molar-refractivity contribution in [2.75, 3.05) is 26.9 Å². The molecule has 1 aromatic rings. The van der Waals surface area contributed by atoms with Crippen molar-refractivity contribution >= 4 is 56.2 Å². The molecule has 3 rings (SSSR count). The summed E-state index contributed by atoms with van der Waals surface area (Å²) in [5.74, 6) is 1.21. The van der Waals surface area contributed by atoms with Crippen molar-refractivity contribution in [3.63, 3.8) is 0 Å². The van der Waals surface area contributed by atoms with E-state index in [1.807, 2.05) is 25.1 Å². The standard InChI is InChI=1S/C18H20BrNO4S2/c1-3-23-15-7-11(13(19)9-14(15)22-2)8-16-17(21)20(18(25)26-16)10-12-5-4-6-24-12/h7-9,12H,3-6,10H2,1-2H3/b16-8-/t12-/m0/s1. The largest absolute Gasteiger partial charge is 0.493 e. The Balaban J connectivity index is 1.84. The minimum Gasteiger partial charge on any atom is -0.493 e. The average molecular weight is 458 g/mol. The number of hydrogen-bond acceptors (Lipinski definition) is 6. The molecule has 2 aliphatic rings. The molecule has 0 aromatic heterocycles. The first-order valence-corrected chi connectivity index (χ1v) is 10.4. The van der Waals surface area contributed by atoms with Crippen LogP contribution in [0.5, 0.6) is 11.5 Å². The highest BCUT2D eigenvalue weighted by atomic mass is 79.9. The third kappa shape index (κ3) is 4.24. The van der Waals surface area contributed by atoms with Crippen LogP contribution in [0.3, 0.4) is 0 Å². The highest BCUT2D eigenvalue weighted by molar-refractivity contribution is 9.10. The van der Waals surface area contributed by atoms with Gasteiger partial charge >= 0.3 is 0 Å². The van der Waals surface area contributed by atoms with Crippen LogP contribution in [-0.4, -0.2) is 48.1 Å². The molecule has 1 atom stereocenters. The van der Waals surface area contributed by atoms with Gasteiger partial charge in [0.1, 0.15) is 4.32 Å². The molecular weight excluding hydrogens is 438 g/mol. The van der Waals surface area contributed by atoms with Crippen molar-refractivity contribution in [2.45, 2.75) is 25.9 Å². The molecule has 0 N–H and O–H groups in total. The van der Waals surface area contributed by atoms with Gasteiger partial charge in [-0.1, -0.05) is 39.9 Å². The van der Waals surface area contributed by atoms with Crippen LogP contribution < -0.4 is 9.47 Å². The molecule has 0 saturated carbocycles. The summed E-state index contributed by atoms with van der Waals surface area (Å²) >= 11 is 10.3. The van der Waals surface area contributed by atoms with E-state index in [2.05, 4.69) is 15.9 Å². The number of benzene rings is 1. The zero-order chi connectivity index (χ0) is 18.7. The van der Waals surface area contributed by atoms with Gasteiger partial charge in [0.25, 0.3) is 5.91 Å². The van der Waals surface area contributed by atoms with Crippen LogP contribution in [0.15, 0.2) is 21.5 Å². The van der Waals surface area contributed by atoms with Crippen molar-refractivity contribution in [3.8, 4) is 11.5 Å². The van der Waals surface area contributed by atoms with Crippen LogP contribution in [0, 0.1) is 0 Å². The van der Waals surface area contributed by atoms with Gasteiger partial charge in [0, 0.05) is 11.1 Å². The number of amides is 1. The summed E-state index contributed by atoms with van der Waals surface area (Å²) in [6.45, 7) is 3.72. The van der Waals surface area contributed by atoms with Gasteiger partial charge in [-0.25, -0.2) is 0 Å². The van der Waals surface area contributed by atoms with Gasteiger partial charge in [-0.3, -0.25) is 9.69 Å². The fraction of sp³-hybridized carbons (Fsp3) is 0.444. The predicted octanol–water partition coefficient (Wildman–Crippen LogP) is 4.24. The average Bonchev–Trinajstić information content (AvgIpc) is 3.22. The summed E-state index contributed by atoms with van der Waals surface area (Å²) in [7, 11) is 1.60. The molecule has 0 radical (unpaired) electrons. The van der Waals surface area contributed by atoms with E-state index in [1.165, 1.54) is 11.8 Å². The maximum absolute atomic E-state index is 12.8. The Kier molecular flexibility index (Phi) is 6.60. The van der Waals surface area contributed by atoms with E-state index in [0.29, 0.717) is 33.9 Å². The smallest absolute Gasteiger partial charge is 0.266 e. The van der Waals surface area contributed by atoms with Gasteiger partial charge in [0.05, 0.1) is 31.3 Å². The molecule has 0 unspecified atom stereocenters. The fourth-order valence-electron chi connectivity index (χ4n) is 2.88. The molecule has 0 aliphatic carbocycles. The summed E-state index contributed by atoms with van der Waals surface area (Å²) in [6.07, 6.45) is 3.92. The Bertz CT molecular complexity index is 747. The quantitative estimate of drug-likeness (QED) is 0.470. The van der Waals surface area contributed by atoms with Crippen molar-refractivity contribution in [2.24, 2.45) is 0 Å². The van der Waals surface area contributed by atoms with Gasteiger partial charge in [-0.15, -0.1) is 0 Å². The van der Waals surface area contributed by atoms with Gasteiger partial charge in [-0.05, 0) is 43.5 Å². The first-order valence-electron chi connectivity index (χ1n) is 8.40. The molecule has 5 nitrogen and oxygen atoms in total. The number of carbonyl (C=O) groups is 1. The van der Waals surface area contributed by atoms with Gasteiger partial charge < -0.3 is 14.2 Å². The molecular formula is C18H20BrNO4S2. The van der Waals surface area contributed by atoms with E-state index in [-0.39, 0.29) is 12.0 Å². The topological polar surface area (TPSA) is 48.0 Å². The molecule has 0 spiro atoms. The van der Waals surface area contributed by atoms with E-state index in [0.717, 1.165) is 29.5 Å². The Labute approximate surface area is 171 Å². The molecule has 2 saturated heterocycles. The van der Waals surface area contributed by atoms with Crippen molar-refractivity contribution in [1.29, 1.82) is 0 Å². The Morgan fingerprint density at radius 3 is 2.92 bits per heavy atom. The summed E-state index contributed by atoms with van der Waals surface area (Å²) in [4.78, 5) is 15.0. The number of rotatable bonds is 6. The van der Waals surface area contributed by atoms with Crippen LogP contribution in [-0.2, 0) is 9.53 Å². The van der Waals surface area contributed by atoms with E-state index in [4.69, 9.17) is 26.4 Å². The summed E-state index contributed by atoms with van der Waals surface area (Å²) in [5, 5.41) is 0. The molecule has 2 aliphatic heterocycles. The number of thiocarbonyl (C=S) groups is 1. The molecule has 2 fully saturated rings. The van der Waals surface area contributed by atoms with E-state index >= 15 is 0 Å². The maximum Gasteiger partial charge on any atom is 0.266 e. The Morgan fingerprint density at radius 1 is 1.46 bits per heavy atom. The second kappa shape index (κ2) is 8.73. The van der Waals surface area contributed by atoms with E-state index in [1.54, 1.807) is 12.0 Å². The lowest BCUT2D eigenvalue weighted by molar-refractivity contribution is -0.123. The lowest BCUT2D eigenvalue weighted by Gasteiger charge is -2.18. The van der Waals surface area contributed by atoms with Crippen LogP contribution >= 0.6 is 39.9 Å². The van der Waals surface area contributed by atoms with E-state index in [9.17, 15) is 4.79 Å². The van der Waals surface area contributed by atoms with E-state index < -0.39 is 0 Å². The van der Waals surface area contributed by atoms with Crippen LogP contribution in [0.25, 0.3) is 6.08 Å². The zero-order valence-electron chi connectivity index (χ0n) is 14.6. The number of halogens is 1. The number of carbonyl (C=O) groups excluding carboxylic acids is 1. The first kappa shape index (κ1) is 19.7. The third-order valence-electron chi connectivity index (χ3n) is 4.15. The van der Waals surface area contributed by atoms with Crippen LogP contribution in [0.2, 0.25) is 0 Å². The lowest BCUT2D eigenvalue weighted by atomic mass is 10.1. The van der Waals surface area contributed by atoms with Crippen molar-refractivity contribution in [1.82, 2.24) is 4.90 Å². The molecule has 140 valence electrons. The first-order chi connectivity index (χ1) is 12.5. The monoisotopic (exact) mass is 457 g/mol. The SMILES string of the molecule is CCOc1cc(/C=C2\SC(=S)N(C[C@@H]3CCCO3)C2=O)c(Br)cc1OC. The second-order valence-electron chi connectivity index (χ2n) is 5.88. The summed E-state index contributed by atoms with van der Waals surface area (Å²) < 4.78 is 18.0. The molecule has 26 heavy (non-hydrogen) atoms. The van der Waals surface area contributed by atoms with Crippen molar-refractivity contribution in [3.05, 3.63) is 27.1 Å². The molecule has 0 bridgehead atoms.